The minimum Gasteiger partial charge on any atom is -0.448 e. The summed E-state index contributed by atoms with van der Waals surface area (Å²) in [5.74, 6) is 0.661. The van der Waals surface area contributed by atoms with Gasteiger partial charge in [-0.25, -0.2) is 4.39 Å². The highest BCUT2D eigenvalue weighted by atomic mass is 19.1. The molecule has 1 nitrogen and oxygen atoms in total. The number of hydrogen-bond acceptors (Lipinski definition) is 1. The van der Waals surface area contributed by atoms with Gasteiger partial charge in [-0.3, -0.25) is 0 Å². The van der Waals surface area contributed by atoms with Crippen molar-refractivity contribution in [2.24, 2.45) is 0 Å². The van der Waals surface area contributed by atoms with E-state index in [-0.39, 0.29) is 5.82 Å². The number of para-hydroxylation sites is 1. The van der Waals surface area contributed by atoms with E-state index in [4.69, 9.17) is 4.74 Å². The van der Waals surface area contributed by atoms with E-state index in [0.717, 1.165) is 0 Å². The van der Waals surface area contributed by atoms with Crippen molar-refractivity contribution in [2.75, 3.05) is 0 Å². The molecule has 0 radical (unpaired) electrons. The van der Waals surface area contributed by atoms with Crippen molar-refractivity contribution in [3.05, 3.63) is 59.9 Å². The summed E-state index contributed by atoms with van der Waals surface area (Å²) in [5, 5.41) is 0. The maximum Gasteiger partial charge on any atom is 0.180 e. The lowest BCUT2D eigenvalue weighted by Crippen LogP contribution is -1.85. The molecule has 0 aromatic heterocycles. The van der Waals surface area contributed by atoms with E-state index in [1.807, 2.05) is 18.2 Å². The summed E-state index contributed by atoms with van der Waals surface area (Å²) in [6.07, 6.45) is 0. The van der Waals surface area contributed by atoms with E-state index in [9.17, 15) is 4.39 Å². The summed E-state index contributed by atoms with van der Waals surface area (Å²) in [4.78, 5) is 0. The Morgan fingerprint density at radius 1 is 1.13 bits per heavy atom. The van der Waals surface area contributed by atoms with Crippen molar-refractivity contribution in [2.45, 2.75) is 6.92 Å². The average Bonchev–Trinajstić information content (AvgIpc) is 2.25. The maximum absolute atomic E-state index is 13.2. The second-order valence-electron chi connectivity index (χ2n) is 3.15. The summed E-state index contributed by atoms with van der Waals surface area (Å²) in [6, 6.07) is 15.9. The van der Waals surface area contributed by atoms with Gasteiger partial charge in [0.2, 0.25) is 0 Å². The number of halogens is 1. The Kier molecular flexibility index (Phi) is 2.55. The molecule has 0 aliphatic rings. The summed E-state index contributed by atoms with van der Waals surface area (Å²) in [6.45, 7) is 1.64. The molecule has 74 valence electrons. The highest BCUT2D eigenvalue weighted by Crippen LogP contribution is 2.19. The second-order valence-corrected chi connectivity index (χ2v) is 3.15. The Balaban J connectivity index is 2.22. The van der Waals surface area contributed by atoms with Crippen molar-refractivity contribution < 1.29 is 9.13 Å². The zero-order chi connectivity index (χ0) is 10.7. The van der Waals surface area contributed by atoms with Gasteiger partial charge in [0.25, 0.3) is 0 Å². The van der Waals surface area contributed by atoms with Gasteiger partial charge in [0.1, 0.15) is 11.6 Å². The fourth-order valence-corrected chi connectivity index (χ4v) is 1.14. The van der Waals surface area contributed by atoms with Gasteiger partial charge in [-0.05, 0) is 25.1 Å². The molecule has 0 aliphatic carbocycles. The summed E-state index contributed by atoms with van der Waals surface area (Å²) in [7, 11) is 0. The van der Waals surface area contributed by atoms with Crippen LogP contribution in [0.4, 0.5) is 4.39 Å². The molecule has 0 aliphatic heterocycles. The standard InChI is InChI=1S/C13H9FO/c1-10-7-8-12(9-13(10)14)15-11-5-3-2-4-6-11/h2-6,9H,1H3. The highest BCUT2D eigenvalue weighted by molar-refractivity contribution is 5.29. The van der Waals surface area contributed by atoms with Gasteiger partial charge in [-0.15, -0.1) is 0 Å². The van der Waals surface area contributed by atoms with Crippen LogP contribution in [-0.2, 0) is 0 Å². The predicted molar refractivity (Wildman–Crippen MR) is 55.3 cm³/mol. The molecular formula is C13H9FO. The van der Waals surface area contributed by atoms with Crippen molar-refractivity contribution in [1.82, 2.24) is 0 Å². The Hall–Kier alpha value is -2.01. The molecular weight excluding hydrogens is 191 g/mol. The van der Waals surface area contributed by atoms with Crippen molar-refractivity contribution in [3.8, 4) is 11.5 Å². The van der Waals surface area contributed by atoms with E-state index in [0.29, 0.717) is 17.1 Å². The van der Waals surface area contributed by atoms with Crippen LogP contribution in [0, 0.1) is 24.9 Å². The topological polar surface area (TPSA) is 9.23 Å². The fraction of sp³-hybridized carbons (Fsp3) is 0.0769. The molecule has 0 fully saturated rings. The lowest BCUT2D eigenvalue weighted by molar-refractivity contribution is 0.476. The van der Waals surface area contributed by atoms with Gasteiger partial charge in [0, 0.05) is 11.6 Å². The van der Waals surface area contributed by atoms with Crippen LogP contribution >= 0.6 is 0 Å². The van der Waals surface area contributed by atoms with Crippen LogP contribution in [0.5, 0.6) is 11.5 Å². The third-order valence-corrected chi connectivity index (χ3v) is 1.96. The average molecular weight is 200 g/mol. The van der Waals surface area contributed by atoms with Crippen LogP contribution in [0.1, 0.15) is 5.56 Å². The monoisotopic (exact) mass is 200 g/mol. The van der Waals surface area contributed by atoms with Gasteiger partial charge < -0.3 is 4.74 Å². The second kappa shape index (κ2) is 4.02. The summed E-state index contributed by atoms with van der Waals surface area (Å²) in [5.41, 5.74) is 0.440. The van der Waals surface area contributed by atoms with Gasteiger partial charge in [0.15, 0.2) is 5.75 Å². The van der Waals surface area contributed by atoms with E-state index in [1.54, 1.807) is 19.1 Å². The lowest BCUT2D eigenvalue weighted by Gasteiger charge is -2.02. The molecule has 0 unspecified atom stereocenters. The molecule has 0 heterocycles. The van der Waals surface area contributed by atoms with Crippen LogP contribution in [0.15, 0.2) is 36.4 Å². The Morgan fingerprint density at radius 2 is 1.87 bits per heavy atom. The summed E-state index contributed by atoms with van der Waals surface area (Å²) < 4.78 is 18.5. The first-order chi connectivity index (χ1) is 7.25. The minimum absolute atomic E-state index is 0.334. The Labute approximate surface area is 88.1 Å². The molecule has 0 amide bonds. The van der Waals surface area contributed by atoms with Crippen molar-refractivity contribution in [3.63, 3.8) is 0 Å². The first-order valence-electron chi connectivity index (χ1n) is 4.59. The zero-order valence-corrected chi connectivity index (χ0v) is 8.25. The molecule has 0 N–H and O–H groups in total. The SMILES string of the molecule is Cc1c#cc(Oc2ccccc2)cc1F. The van der Waals surface area contributed by atoms with Crippen LogP contribution in [-0.4, -0.2) is 0 Å². The number of rotatable bonds is 2. The largest absolute Gasteiger partial charge is 0.448 e. The van der Waals surface area contributed by atoms with E-state index in [2.05, 4.69) is 12.1 Å². The first kappa shape index (κ1) is 9.54. The molecule has 2 heteroatoms. The third-order valence-electron chi connectivity index (χ3n) is 1.96. The molecule has 0 spiro atoms. The predicted octanol–water partition coefficient (Wildman–Crippen LogP) is 3.53. The third kappa shape index (κ3) is 2.26. The fourth-order valence-electron chi connectivity index (χ4n) is 1.14. The molecule has 0 bridgehead atoms. The Bertz CT molecular complexity index is 451. The quantitative estimate of drug-likeness (QED) is 0.720. The van der Waals surface area contributed by atoms with Crippen LogP contribution < -0.4 is 4.74 Å². The normalized spacial score (nSPS) is 9.47. The minimum atomic E-state index is -0.334. The van der Waals surface area contributed by atoms with E-state index in [1.165, 1.54) is 6.07 Å². The van der Waals surface area contributed by atoms with Crippen LogP contribution in [0.25, 0.3) is 0 Å². The van der Waals surface area contributed by atoms with E-state index < -0.39 is 0 Å². The number of hydrogen-bond donors (Lipinski definition) is 0. The molecule has 0 atom stereocenters. The Morgan fingerprint density at radius 3 is 2.53 bits per heavy atom. The van der Waals surface area contributed by atoms with E-state index >= 15 is 0 Å². The highest BCUT2D eigenvalue weighted by Gasteiger charge is 1.99. The maximum atomic E-state index is 13.2. The zero-order valence-electron chi connectivity index (χ0n) is 8.25. The van der Waals surface area contributed by atoms with Crippen molar-refractivity contribution in [1.29, 1.82) is 0 Å². The molecule has 0 saturated carbocycles. The molecule has 0 saturated heterocycles. The smallest absolute Gasteiger partial charge is 0.180 e. The van der Waals surface area contributed by atoms with Crippen molar-refractivity contribution >= 4 is 0 Å². The number of ether oxygens (including phenoxy) is 1. The summed E-state index contributed by atoms with van der Waals surface area (Å²) >= 11 is 0. The molecule has 15 heavy (non-hydrogen) atoms. The lowest BCUT2D eigenvalue weighted by atomic mass is 10.2. The van der Waals surface area contributed by atoms with Gasteiger partial charge in [-0.1, -0.05) is 24.3 Å². The molecule has 2 aromatic rings. The molecule has 2 aromatic carbocycles. The number of benzene rings is 1. The van der Waals surface area contributed by atoms with Crippen LogP contribution in [0.2, 0.25) is 0 Å². The van der Waals surface area contributed by atoms with Gasteiger partial charge >= 0.3 is 0 Å². The van der Waals surface area contributed by atoms with Crippen LogP contribution in [0.3, 0.4) is 0 Å². The molecule has 2 rings (SSSR count). The van der Waals surface area contributed by atoms with Gasteiger partial charge in [-0.2, -0.15) is 0 Å². The van der Waals surface area contributed by atoms with Gasteiger partial charge in [0.05, 0.1) is 0 Å². The first-order valence-corrected chi connectivity index (χ1v) is 4.59.